The van der Waals surface area contributed by atoms with Gasteiger partial charge in [0.25, 0.3) is 5.91 Å². The van der Waals surface area contributed by atoms with Crippen LogP contribution >= 0.6 is 15.9 Å². The van der Waals surface area contributed by atoms with Crippen molar-refractivity contribution >= 4 is 33.3 Å². The molecule has 3 rings (SSSR count). The molecule has 1 aromatic carbocycles. The predicted octanol–water partition coefficient (Wildman–Crippen LogP) is 3.81. The van der Waals surface area contributed by atoms with Gasteiger partial charge in [-0.15, -0.1) is 0 Å². The first kappa shape index (κ1) is 17.0. The van der Waals surface area contributed by atoms with Gasteiger partial charge in [-0.1, -0.05) is 15.9 Å². The molecule has 2 N–H and O–H groups in total. The van der Waals surface area contributed by atoms with Crippen LogP contribution in [0, 0.1) is 6.92 Å². The molecule has 6 nitrogen and oxygen atoms in total. The molecule has 0 radical (unpaired) electrons. The SMILES string of the molecule is Cc1cc(Br)ccc1NC(=O)c1cnc(NCc2ccncc2)cn1. The van der Waals surface area contributed by atoms with Crippen molar-refractivity contribution in [3.63, 3.8) is 0 Å². The van der Waals surface area contributed by atoms with Crippen LogP contribution < -0.4 is 10.6 Å². The standard InChI is InChI=1S/C18H16BrN5O/c1-12-8-14(19)2-3-15(12)24-18(25)16-10-23-17(11-21-16)22-9-13-4-6-20-7-5-13/h2-8,10-11H,9H2,1H3,(H,22,23)(H,24,25). The average molecular weight is 398 g/mol. The molecule has 126 valence electrons. The van der Waals surface area contributed by atoms with Gasteiger partial charge in [0.1, 0.15) is 11.5 Å². The van der Waals surface area contributed by atoms with Crippen LogP contribution in [-0.2, 0) is 6.54 Å². The van der Waals surface area contributed by atoms with E-state index in [9.17, 15) is 4.79 Å². The predicted molar refractivity (Wildman–Crippen MR) is 100 cm³/mol. The van der Waals surface area contributed by atoms with Gasteiger partial charge in [0.2, 0.25) is 0 Å². The van der Waals surface area contributed by atoms with Crippen LogP contribution in [0.3, 0.4) is 0 Å². The van der Waals surface area contributed by atoms with Gasteiger partial charge < -0.3 is 10.6 Å². The summed E-state index contributed by atoms with van der Waals surface area (Å²) >= 11 is 3.40. The molecule has 0 aliphatic carbocycles. The number of aromatic nitrogens is 3. The van der Waals surface area contributed by atoms with Gasteiger partial charge in [0, 0.05) is 29.1 Å². The number of hydrogen-bond donors (Lipinski definition) is 2. The fourth-order valence-corrected chi connectivity index (χ4v) is 2.66. The topological polar surface area (TPSA) is 79.8 Å². The van der Waals surface area contributed by atoms with Crippen molar-refractivity contribution < 1.29 is 4.79 Å². The molecule has 0 unspecified atom stereocenters. The Morgan fingerprint density at radius 1 is 1.12 bits per heavy atom. The van der Waals surface area contributed by atoms with Crippen LogP contribution in [0.15, 0.2) is 59.6 Å². The largest absolute Gasteiger partial charge is 0.365 e. The lowest BCUT2D eigenvalue weighted by molar-refractivity contribution is 0.102. The van der Waals surface area contributed by atoms with Crippen molar-refractivity contribution in [3.8, 4) is 0 Å². The van der Waals surface area contributed by atoms with E-state index >= 15 is 0 Å². The molecule has 0 bridgehead atoms. The second-order valence-electron chi connectivity index (χ2n) is 5.41. The lowest BCUT2D eigenvalue weighted by Crippen LogP contribution is -2.15. The van der Waals surface area contributed by atoms with Crippen molar-refractivity contribution in [2.45, 2.75) is 13.5 Å². The Hall–Kier alpha value is -2.80. The minimum absolute atomic E-state index is 0.261. The second-order valence-corrected chi connectivity index (χ2v) is 6.32. The third-order valence-electron chi connectivity index (χ3n) is 3.54. The Balaban J connectivity index is 1.62. The molecule has 2 aromatic heterocycles. The van der Waals surface area contributed by atoms with E-state index in [1.807, 2.05) is 37.3 Å². The molecule has 0 saturated carbocycles. The Morgan fingerprint density at radius 2 is 1.92 bits per heavy atom. The van der Waals surface area contributed by atoms with Crippen LogP contribution in [0.2, 0.25) is 0 Å². The highest BCUT2D eigenvalue weighted by Crippen LogP contribution is 2.20. The summed E-state index contributed by atoms with van der Waals surface area (Å²) in [6, 6.07) is 9.49. The number of amides is 1. The molecule has 2 heterocycles. The number of carbonyl (C=O) groups excluding carboxylic acids is 1. The average Bonchev–Trinajstić information content (AvgIpc) is 2.63. The van der Waals surface area contributed by atoms with Crippen molar-refractivity contribution in [2.24, 2.45) is 0 Å². The van der Waals surface area contributed by atoms with Gasteiger partial charge in [0.05, 0.1) is 12.4 Å². The Bertz CT molecular complexity index is 868. The number of benzene rings is 1. The lowest BCUT2D eigenvalue weighted by Gasteiger charge is -2.09. The summed E-state index contributed by atoms with van der Waals surface area (Å²) in [4.78, 5) is 24.7. The zero-order chi connectivity index (χ0) is 17.6. The number of pyridine rings is 1. The third kappa shape index (κ3) is 4.60. The molecule has 0 aliphatic rings. The normalized spacial score (nSPS) is 10.3. The maximum atomic E-state index is 12.3. The van der Waals surface area contributed by atoms with E-state index in [0.29, 0.717) is 12.4 Å². The van der Waals surface area contributed by atoms with E-state index < -0.39 is 0 Å². The van der Waals surface area contributed by atoms with Crippen LogP contribution in [0.5, 0.6) is 0 Å². The molecular formula is C18H16BrN5O. The second kappa shape index (κ2) is 7.85. The fourth-order valence-electron chi connectivity index (χ4n) is 2.18. The zero-order valence-corrected chi connectivity index (χ0v) is 15.1. The number of carbonyl (C=O) groups is 1. The summed E-state index contributed by atoms with van der Waals surface area (Å²) < 4.78 is 0.965. The maximum absolute atomic E-state index is 12.3. The van der Waals surface area contributed by atoms with Crippen molar-refractivity contribution in [2.75, 3.05) is 10.6 Å². The Morgan fingerprint density at radius 3 is 2.60 bits per heavy atom. The lowest BCUT2D eigenvalue weighted by atomic mass is 10.2. The molecule has 0 spiro atoms. The minimum Gasteiger partial charge on any atom is -0.365 e. The summed E-state index contributed by atoms with van der Waals surface area (Å²) in [5.74, 6) is 0.312. The molecule has 0 atom stereocenters. The molecule has 1 amide bonds. The number of nitrogens with one attached hydrogen (secondary N) is 2. The van der Waals surface area contributed by atoms with Gasteiger partial charge in [-0.2, -0.15) is 0 Å². The third-order valence-corrected chi connectivity index (χ3v) is 4.04. The Kier molecular flexibility index (Phi) is 5.35. The Labute approximate surface area is 153 Å². The summed E-state index contributed by atoms with van der Waals surface area (Å²) in [5.41, 5.74) is 3.06. The van der Waals surface area contributed by atoms with Gasteiger partial charge in [-0.3, -0.25) is 9.78 Å². The van der Waals surface area contributed by atoms with Crippen LogP contribution in [0.4, 0.5) is 11.5 Å². The van der Waals surface area contributed by atoms with Crippen LogP contribution in [0.1, 0.15) is 21.6 Å². The number of hydrogen-bond acceptors (Lipinski definition) is 5. The summed E-state index contributed by atoms with van der Waals surface area (Å²) in [7, 11) is 0. The van der Waals surface area contributed by atoms with Crippen molar-refractivity contribution in [1.82, 2.24) is 15.0 Å². The monoisotopic (exact) mass is 397 g/mol. The highest BCUT2D eigenvalue weighted by molar-refractivity contribution is 9.10. The molecule has 3 aromatic rings. The summed E-state index contributed by atoms with van der Waals surface area (Å²) in [5, 5.41) is 6.00. The van der Waals surface area contributed by atoms with Crippen LogP contribution in [0.25, 0.3) is 0 Å². The highest BCUT2D eigenvalue weighted by atomic mass is 79.9. The molecule has 0 fully saturated rings. The first-order chi connectivity index (χ1) is 12.1. The number of halogens is 1. The molecule has 7 heteroatoms. The summed E-state index contributed by atoms with van der Waals surface area (Å²) in [6.07, 6.45) is 6.48. The fraction of sp³-hybridized carbons (Fsp3) is 0.111. The van der Waals surface area contributed by atoms with E-state index in [1.165, 1.54) is 6.20 Å². The molecule has 0 saturated heterocycles. The van der Waals surface area contributed by atoms with Gasteiger partial charge >= 0.3 is 0 Å². The number of aryl methyl sites for hydroxylation is 1. The van der Waals surface area contributed by atoms with Crippen LogP contribution in [-0.4, -0.2) is 20.9 Å². The first-order valence-corrected chi connectivity index (χ1v) is 8.43. The first-order valence-electron chi connectivity index (χ1n) is 7.64. The highest BCUT2D eigenvalue weighted by Gasteiger charge is 2.10. The number of anilines is 2. The van der Waals surface area contributed by atoms with Gasteiger partial charge in [-0.05, 0) is 48.4 Å². The zero-order valence-electron chi connectivity index (χ0n) is 13.5. The number of nitrogens with zero attached hydrogens (tertiary/aromatic N) is 3. The molecule has 25 heavy (non-hydrogen) atoms. The van der Waals surface area contributed by atoms with Crippen molar-refractivity contribution in [1.29, 1.82) is 0 Å². The maximum Gasteiger partial charge on any atom is 0.275 e. The van der Waals surface area contributed by atoms with E-state index in [0.717, 1.165) is 21.3 Å². The molecular weight excluding hydrogens is 382 g/mol. The van der Waals surface area contributed by atoms with Crippen molar-refractivity contribution in [3.05, 3.63) is 76.4 Å². The van der Waals surface area contributed by atoms with E-state index in [4.69, 9.17) is 0 Å². The smallest absolute Gasteiger partial charge is 0.275 e. The molecule has 0 aliphatic heterocycles. The van der Waals surface area contributed by atoms with E-state index in [1.54, 1.807) is 18.6 Å². The number of rotatable bonds is 5. The van der Waals surface area contributed by atoms with E-state index in [-0.39, 0.29) is 11.6 Å². The van der Waals surface area contributed by atoms with Gasteiger partial charge in [0.15, 0.2) is 0 Å². The van der Waals surface area contributed by atoms with E-state index in [2.05, 4.69) is 41.5 Å². The summed E-state index contributed by atoms with van der Waals surface area (Å²) in [6.45, 7) is 2.54. The quantitative estimate of drug-likeness (QED) is 0.684. The van der Waals surface area contributed by atoms with Gasteiger partial charge in [-0.25, -0.2) is 9.97 Å². The minimum atomic E-state index is -0.293.